The maximum Gasteiger partial charge on any atom is 0.207 e. The average molecular weight is 275 g/mol. The number of benzene rings is 2. The average Bonchev–Trinajstić information content (AvgIpc) is 2.47. The number of hydrogen-bond acceptors (Lipinski definition) is 4. The van der Waals surface area contributed by atoms with Crippen LogP contribution in [0.3, 0.4) is 0 Å². The Balaban J connectivity index is 2.66. The standard InChI is InChI=1S/C14H13NO3S/c1-11(15-16)13-9-5-6-10-14(13)19(17,18)12-7-3-2-4-8-12/h2-10,16H,1H3/b15-11+. The fourth-order valence-corrected chi connectivity index (χ4v) is 3.31. The second-order valence-electron chi connectivity index (χ2n) is 4.00. The largest absolute Gasteiger partial charge is 0.411 e. The summed E-state index contributed by atoms with van der Waals surface area (Å²) < 4.78 is 25.1. The third-order valence-corrected chi connectivity index (χ3v) is 4.60. The summed E-state index contributed by atoms with van der Waals surface area (Å²) in [5, 5.41) is 11.9. The van der Waals surface area contributed by atoms with Gasteiger partial charge in [0.25, 0.3) is 0 Å². The molecule has 0 amide bonds. The van der Waals surface area contributed by atoms with Gasteiger partial charge in [0.15, 0.2) is 0 Å². The van der Waals surface area contributed by atoms with Crippen LogP contribution in [-0.4, -0.2) is 19.3 Å². The van der Waals surface area contributed by atoms with E-state index in [-0.39, 0.29) is 15.5 Å². The Morgan fingerprint density at radius 2 is 1.58 bits per heavy atom. The molecule has 0 radical (unpaired) electrons. The zero-order chi connectivity index (χ0) is 13.9. The van der Waals surface area contributed by atoms with E-state index in [9.17, 15) is 8.42 Å². The van der Waals surface area contributed by atoms with Crippen LogP contribution >= 0.6 is 0 Å². The van der Waals surface area contributed by atoms with Crippen LogP contribution < -0.4 is 0 Å². The molecule has 0 atom stereocenters. The fourth-order valence-electron chi connectivity index (χ4n) is 1.78. The lowest BCUT2D eigenvalue weighted by atomic mass is 10.1. The molecule has 0 saturated carbocycles. The summed E-state index contributed by atoms with van der Waals surface area (Å²) in [6.45, 7) is 1.55. The van der Waals surface area contributed by atoms with Gasteiger partial charge in [0.2, 0.25) is 9.84 Å². The fraction of sp³-hybridized carbons (Fsp3) is 0.0714. The van der Waals surface area contributed by atoms with Crippen molar-refractivity contribution in [3.8, 4) is 0 Å². The van der Waals surface area contributed by atoms with Crippen LogP contribution in [0.5, 0.6) is 0 Å². The van der Waals surface area contributed by atoms with Crippen molar-refractivity contribution < 1.29 is 13.6 Å². The molecule has 2 aromatic carbocycles. The highest BCUT2D eigenvalue weighted by Gasteiger charge is 2.21. The predicted octanol–water partition coefficient (Wildman–Crippen LogP) is 2.72. The summed E-state index contributed by atoms with van der Waals surface area (Å²) in [4.78, 5) is 0.352. The van der Waals surface area contributed by atoms with Gasteiger partial charge in [0.05, 0.1) is 15.5 Å². The summed E-state index contributed by atoms with van der Waals surface area (Å²) in [5.74, 6) is 0. The lowest BCUT2D eigenvalue weighted by molar-refractivity contribution is 0.319. The van der Waals surface area contributed by atoms with Crippen molar-refractivity contribution in [3.05, 3.63) is 60.2 Å². The van der Waals surface area contributed by atoms with Crippen LogP contribution in [-0.2, 0) is 9.84 Å². The maximum atomic E-state index is 12.5. The van der Waals surface area contributed by atoms with Gasteiger partial charge in [0, 0.05) is 5.56 Å². The molecule has 0 aromatic heterocycles. The van der Waals surface area contributed by atoms with Crippen molar-refractivity contribution in [2.45, 2.75) is 16.7 Å². The summed E-state index contributed by atoms with van der Waals surface area (Å²) in [6, 6.07) is 14.6. The Labute approximate surface area is 111 Å². The molecule has 0 aliphatic heterocycles. The highest BCUT2D eigenvalue weighted by atomic mass is 32.2. The molecule has 0 saturated heterocycles. The predicted molar refractivity (Wildman–Crippen MR) is 72.3 cm³/mol. The first-order valence-electron chi connectivity index (χ1n) is 5.65. The van der Waals surface area contributed by atoms with Crippen molar-refractivity contribution in [1.82, 2.24) is 0 Å². The second-order valence-corrected chi connectivity index (χ2v) is 5.92. The Morgan fingerprint density at radius 1 is 1.00 bits per heavy atom. The van der Waals surface area contributed by atoms with Crippen LogP contribution in [0.15, 0.2) is 69.5 Å². The summed E-state index contributed by atoms with van der Waals surface area (Å²) >= 11 is 0. The van der Waals surface area contributed by atoms with Crippen molar-refractivity contribution in [1.29, 1.82) is 0 Å². The van der Waals surface area contributed by atoms with Gasteiger partial charge in [-0.1, -0.05) is 41.6 Å². The van der Waals surface area contributed by atoms with E-state index >= 15 is 0 Å². The van der Waals surface area contributed by atoms with Gasteiger partial charge in [-0.15, -0.1) is 0 Å². The highest BCUT2D eigenvalue weighted by Crippen LogP contribution is 2.24. The molecule has 0 aliphatic carbocycles. The molecule has 2 rings (SSSR count). The van der Waals surface area contributed by atoms with E-state index < -0.39 is 9.84 Å². The third kappa shape index (κ3) is 2.51. The number of nitrogens with zero attached hydrogens (tertiary/aromatic N) is 1. The first kappa shape index (κ1) is 13.3. The molecule has 0 heterocycles. The van der Waals surface area contributed by atoms with E-state index in [0.717, 1.165) is 0 Å². The van der Waals surface area contributed by atoms with Crippen LogP contribution in [0.4, 0.5) is 0 Å². The zero-order valence-electron chi connectivity index (χ0n) is 10.3. The minimum Gasteiger partial charge on any atom is -0.411 e. The van der Waals surface area contributed by atoms with Crippen LogP contribution in [0.25, 0.3) is 0 Å². The van der Waals surface area contributed by atoms with E-state index in [1.807, 2.05) is 0 Å². The molecule has 0 aliphatic rings. The first-order valence-corrected chi connectivity index (χ1v) is 7.14. The molecule has 0 bridgehead atoms. The van der Waals surface area contributed by atoms with Crippen molar-refractivity contribution >= 4 is 15.5 Å². The summed E-state index contributed by atoms with van der Waals surface area (Å²) in [6.07, 6.45) is 0. The van der Waals surface area contributed by atoms with Gasteiger partial charge in [-0.05, 0) is 25.1 Å². The van der Waals surface area contributed by atoms with Crippen LogP contribution in [0, 0.1) is 0 Å². The molecule has 0 fully saturated rings. The Kier molecular flexibility index (Phi) is 3.66. The smallest absolute Gasteiger partial charge is 0.207 e. The molecule has 19 heavy (non-hydrogen) atoms. The van der Waals surface area contributed by atoms with E-state index in [2.05, 4.69) is 5.16 Å². The number of oxime groups is 1. The maximum absolute atomic E-state index is 12.5. The molecule has 98 valence electrons. The highest BCUT2D eigenvalue weighted by molar-refractivity contribution is 7.91. The quantitative estimate of drug-likeness (QED) is 0.532. The van der Waals surface area contributed by atoms with Crippen molar-refractivity contribution in [2.24, 2.45) is 5.16 Å². The number of rotatable bonds is 3. The zero-order valence-corrected chi connectivity index (χ0v) is 11.1. The van der Waals surface area contributed by atoms with Gasteiger partial charge in [-0.25, -0.2) is 8.42 Å². The lowest BCUT2D eigenvalue weighted by Gasteiger charge is -2.09. The van der Waals surface area contributed by atoms with Crippen LogP contribution in [0.1, 0.15) is 12.5 Å². The van der Waals surface area contributed by atoms with Gasteiger partial charge in [0.1, 0.15) is 0 Å². The topological polar surface area (TPSA) is 66.7 Å². The summed E-state index contributed by atoms with van der Waals surface area (Å²) in [5.41, 5.74) is 0.656. The van der Waals surface area contributed by atoms with Crippen LogP contribution in [0.2, 0.25) is 0 Å². The molecular weight excluding hydrogens is 262 g/mol. The van der Waals surface area contributed by atoms with Gasteiger partial charge in [-0.2, -0.15) is 0 Å². The monoisotopic (exact) mass is 275 g/mol. The first-order chi connectivity index (χ1) is 9.07. The molecule has 5 heteroatoms. The van der Waals surface area contributed by atoms with E-state index in [1.54, 1.807) is 43.3 Å². The van der Waals surface area contributed by atoms with Gasteiger partial charge < -0.3 is 5.21 Å². The molecule has 0 spiro atoms. The SMILES string of the molecule is C/C(=N\O)c1ccccc1S(=O)(=O)c1ccccc1. The Bertz CT molecular complexity index is 706. The van der Waals surface area contributed by atoms with Crippen molar-refractivity contribution in [2.75, 3.05) is 0 Å². The van der Waals surface area contributed by atoms with Gasteiger partial charge in [-0.3, -0.25) is 0 Å². The minimum absolute atomic E-state index is 0.136. The number of hydrogen-bond donors (Lipinski definition) is 1. The third-order valence-electron chi connectivity index (χ3n) is 2.77. The Morgan fingerprint density at radius 3 is 2.21 bits per heavy atom. The molecule has 1 N–H and O–H groups in total. The molecule has 2 aromatic rings. The van der Waals surface area contributed by atoms with E-state index in [4.69, 9.17) is 5.21 Å². The Hall–Kier alpha value is -2.14. The number of sulfone groups is 1. The normalized spacial score (nSPS) is 12.4. The van der Waals surface area contributed by atoms with Crippen molar-refractivity contribution in [3.63, 3.8) is 0 Å². The minimum atomic E-state index is -3.62. The lowest BCUT2D eigenvalue weighted by Crippen LogP contribution is -2.08. The van der Waals surface area contributed by atoms with E-state index in [1.165, 1.54) is 18.2 Å². The van der Waals surface area contributed by atoms with E-state index in [0.29, 0.717) is 5.56 Å². The molecule has 0 unspecified atom stereocenters. The molecule has 4 nitrogen and oxygen atoms in total. The molecular formula is C14H13NO3S. The second kappa shape index (κ2) is 5.24. The summed E-state index contributed by atoms with van der Waals surface area (Å²) in [7, 11) is -3.62. The van der Waals surface area contributed by atoms with Gasteiger partial charge >= 0.3 is 0 Å².